The molecule has 0 atom stereocenters. The van der Waals surface area contributed by atoms with E-state index in [1.165, 1.54) is 4.68 Å². The highest BCUT2D eigenvalue weighted by Gasteiger charge is 2.17. The van der Waals surface area contributed by atoms with Crippen molar-refractivity contribution in [2.45, 2.75) is 12.1 Å². The molecule has 10 heteroatoms. The number of nitrogen functional groups attached to an aromatic ring is 1. The standard InChI is InChI=1S/C15H13Cl2N5O2S/c1-8-9(5-6-24-8)14-20-21-15(22(14)18)25-7-12(23)19-11-4-2-3-10(16)13(11)17/h2-6H,7,18H2,1H3,(H,19,23). The largest absolute Gasteiger partial charge is 0.469 e. The van der Waals surface area contributed by atoms with Gasteiger partial charge in [-0.3, -0.25) is 4.79 Å². The van der Waals surface area contributed by atoms with E-state index in [0.717, 1.165) is 17.3 Å². The number of anilines is 1. The summed E-state index contributed by atoms with van der Waals surface area (Å²) in [7, 11) is 0. The van der Waals surface area contributed by atoms with Gasteiger partial charge in [-0.15, -0.1) is 10.2 Å². The predicted octanol–water partition coefficient (Wildman–Crippen LogP) is 3.60. The number of aryl methyl sites for hydroxylation is 1. The van der Waals surface area contributed by atoms with Gasteiger partial charge in [0.1, 0.15) is 5.76 Å². The lowest BCUT2D eigenvalue weighted by molar-refractivity contribution is -0.113. The van der Waals surface area contributed by atoms with Crippen LogP contribution in [0.2, 0.25) is 10.0 Å². The minimum Gasteiger partial charge on any atom is -0.469 e. The van der Waals surface area contributed by atoms with Crippen molar-refractivity contribution in [2.24, 2.45) is 0 Å². The molecule has 0 aliphatic carbocycles. The number of aromatic nitrogens is 3. The molecule has 3 rings (SSSR count). The number of nitrogens with zero attached hydrogens (tertiary/aromatic N) is 3. The van der Waals surface area contributed by atoms with E-state index in [4.69, 9.17) is 33.5 Å². The van der Waals surface area contributed by atoms with Gasteiger partial charge in [0.2, 0.25) is 11.1 Å². The fourth-order valence-electron chi connectivity index (χ4n) is 2.09. The zero-order valence-electron chi connectivity index (χ0n) is 13.0. The van der Waals surface area contributed by atoms with E-state index in [2.05, 4.69) is 15.5 Å². The fraction of sp³-hybridized carbons (Fsp3) is 0.133. The summed E-state index contributed by atoms with van der Waals surface area (Å²) in [6.07, 6.45) is 1.55. The first-order chi connectivity index (χ1) is 12.0. The van der Waals surface area contributed by atoms with Gasteiger partial charge in [0.05, 0.1) is 33.3 Å². The Bertz CT molecular complexity index is 925. The Kier molecular flexibility index (Phi) is 5.22. The number of carbonyl (C=O) groups excluding carboxylic acids is 1. The summed E-state index contributed by atoms with van der Waals surface area (Å²) in [6, 6.07) is 6.77. The van der Waals surface area contributed by atoms with Gasteiger partial charge in [-0.1, -0.05) is 41.0 Å². The van der Waals surface area contributed by atoms with E-state index in [0.29, 0.717) is 32.5 Å². The molecule has 0 saturated heterocycles. The third-order valence-corrected chi connectivity index (χ3v) is 5.08. The van der Waals surface area contributed by atoms with Crippen LogP contribution in [0.3, 0.4) is 0 Å². The molecule has 2 heterocycles. The number of nitrogens with two attached hydrogens (primary N) is 1. The second kappa shape index (κ2) is 7.38. The summed E-state index contributed by atoms with van der Waals surface area (Å²) in [5, 5.41) is 11.8. The second-order valence-electron chi connectivity index (χ2n) is 5.00. The Hall–Kier alpha value is -2.16. The fourth-order valence-corrected chi connectivity index (χ4v) is 3.10. The monoisotopic (exact) mass is 397 g/mol. The van der Waals surface area contributed by atoms with Crippen molar-refractivity contribution in [1.29, 1.82) is 0 Å². The maximum Gasteiger partial charge on any atom is 0.234 e. The molecule has 0 unspecified atom stereocenters. The molecule has 0 aliphatic heterocycles. The van der Waals surface area contributed by atoms with Crippen molar-refractivity contribution in [2.75, 3.05) is 16.9 Å². The summed E-state index contributed by atoms with van der Waals surface area (Å²) in [5.74, 6) is 6.97. The molecule has 3 aromatic rings. The van der Waals surface area contributed by atoms with Crippen LogP contribution < -0.4 is 11.2 Å². The Balaban J connectivity index is 1.66. The van der Waals surface area contributed by atoms with Crippen LogP contribution in [0.1, 0.15) is 5.76 Å². The first-order valence-corrected chi connectivity index (χ1v) is 8.83. The molecule has 1 amide bonds. The van der Waals surface area contributed by atoms with Crippen molar-refractivity contribution < 1.29 is 9.21 Å². The number of amides is 1. The van der Waals surface area contributed by atoms with Gasteiger partial charge in [0.15, 0.2) is 5.82 Å². The number of rotatable bonds is 5. The number of carbonyl (C=O) groups is 1. The molecular weight excluding hydrogens is 385 g/mol. The van der Waals surface area contributed by atoms with Crippen molar-refractivity contribution in [3.63, 3.8) is 0 Å². The topological polar surface area (TPSA) is 99.0 Å². The Morgan fingerprint density at radius 3 is 2.88 bits per heavy atom. The van der Waals surface area contributed by atoms with E-state index < -0.39 is 0 Å². The van der Waals surface area contributed by atoms with Crippen molar-refractivity contribution in [1.82, 2.24) is 14.9 Å². The van der Waals surface area contributed by atoms with Crippen LogP contribution in [-0.4, -0.2) is 26.5 Å². The molecule has 25 heavy (non-hydrogen) atoms. The third kappa shape index (κ3) is 3.76. The molecular formula is C15H13Cl2N5O2S. The minimum absolute atomic E-state index is 0.0859. The van der Waals surface area contributed by atoms with Crippen molar-refractivity contribution in [3.8, 4) is 11.4 Å². The lowest BCUT2D eigenvalue weighted by Crippen LogP contribution is -2.16. The molecule has 0 bridgehead atoms. The molecule has 3 N–H and O–H groups in total. The number of thioether (sulfide) groups is 1. The van der Waals surface area contributed by atoms with Crippen molar-refractivity contribution in [3.05, 3.63) is 46.3 Å². The molecule has 0 radical (unpaired) electrons. The van der Waals surface area contributed by atoms with Gasteiger partial charge in [0.25, 0.3) is 0 Å². The Labute approximate surface area is 157 Å². The van der Waals surface area contributed by atoms with Gasteiger partial charge < -0.3 is 15.6 Å². The van der Waals surface area contributed by atoms with Gasteiger partial charge in [-0.25, -0.2) is 4.68 Å². The van der Waals surface area contributed by atoms with Gasteiger partial charge in [0, 0.05) is 0 Å². The number of halogens is 2. The van der Waals surface area contributed by atoms with Crippen LogP contribution in [0.5, 0.6) is 0 Å². The highest BCUT2D eigenvalue weighted by molar-refractivity contribution is 7.99. The predicted molar refractivity (Wildman–Crippen MR) is 98.4 cm³/mol. The average molecular weight is 398 g/mol. The third-order valence-electron chi connectivity index (χ3n) is 3.32. The summed E-state index contributed by atoms with van der Waals surface area (Å²) in [5.41, 5.74) is 1.20. The number of hydrogen-bond acceptors (Lipinski definition) is 6. The van der Waals surface area contributed by atoms with Crippen LogP contribution in [0.25, 0.3) is 11.4 Å². The Morgan fingerprint density at radius 2 is 2.16 bits per heavy atom. The SMILES string of the molecule is Cc1occc1-c1nnc(SCC(=O)Nc2cccc(Cl)c2Cl)n1N. The van der Waals surface area contributed by atoms with Crippen LogP contribution in [0, 0.1) is 6.92 Å². The molecule has 1 aromatic carbocycles. The minimum atomic E-state index is -0.266. The maximum atomic E-state index is 12.1. The quantitative estimate of drug-likeness (QED) is 0.503. The molecule has 0 saturated carbocycles. The van der Waals surface area contributed by atoms with Gasteiger partial charge >= 0.3 is 0 Å². The summed E-state index contributed by atoms with van der Waals surface area (Å²) in [6.45, 7) is 1.80. The highest BCUT2D eigenvalue weighted by atomic mass is 35.5. The molecule has 2 aromatic heterocycles. The molecule has 0 fully saturated rings. The number of furan rings is 1. The molecule has 130 valence electrons. The molecule has 0 aliphatic rings. The van der Waals surface area contributed by atoms with Crippen LogP contribution in [0.4, 0.5) is 5.69 Å². The van der Waals surface area contributed by atoms with Crippen LogP contribution >= 0.6 is 35.0 Å². The number of hydrogen-bond donors (Lipinski definition) is 2. The first kappa shape index (κ1) is 17.7. The van der Waals surface area contributed by atoms with Gasteiger partial charge in [-0.05, 0) is 25.1 Å². The summed E-state index contributed by atoms with van der Waals surface area (Å²) >= 11 is 13.1. The van der Waals surface area contributed by atoms with Crippen LogP contribution in [-0.2, 0) is 4.79 Å². The van der Waals surface area contributed by atoms with Crippen LogP contribution in [0.15, 0.2) is 40.1 Å². The van der Waals surface area contributed by atoms with Gasteiger partial charge in [-0.2, -0.15) is 0 Å². The second-order valence-corrected chi connectivity index (χ2v) is 6.73. The average Bonchev–Trinajstić information content (AvgIpc) is 3.15. The lowest BCUT2D eigenvalue weighted by Gasteiger charge is -2.08. The highest BCUT2D eigenvalue weighted by Crippen LogP contribution is 2.30. The smallest absolute Gasteiger partial charge is 0.234 e. The molecule has 0 spiro atoms. The maximum absolute atomic E-state index is 12.1. The van der Waals surface area contributed by atoms with E-state index >= 15 is 0 Å². The number of benzene rings is 1. The zero-order valence-corrected chi connectivity index (χ0v) is 15.3. The first-order valence-electron chi connectivity index (χ1n) is 7.09. The van der Waals surface area contributed by atoms with Crippen molar-refractivity contribution >= 4 is 46.6 Å². The van der Waals surface area contributed by atoms with E-state index in [1.54, 1.807) is 37.5 Å². The molecule has 7 nitrogen and oxygen atoms in total. The summed E-state index contributed by atoms with van der Waals surface area (Å²) in [4.78, 5) is 12.1. The zero-order chi connectivity index (χ0) is 18.0. The normalized spacial score (nSPS) is 10.8. The summed E-state index contributed by atoms with van der Waals surface area (Å²) < 4.78 is 6.56. The van der Waals surface area contributed by atoms with E-state index in [1.807, 2.05) is 0 Å². The Morgan fingerprint density at radius 1 is 1.36 bits per heavy atom. The van der Waals surface area contributed by atoms with E-state index in [9.17, 15) is 4.79 Å². The lowest BCUT2D eigenvalue weighted by atomic mass is 10.2. The van der Waals surface area contributed by atoms with E-state index in [-0.39, 0.29) is 11.7 Å². The number of nitrogens with one attached hydrogen (secondary N) is 1.